The number of anilines is 2. The molecule has 0 saturated carbocycles. The van der Waals surface area contributed by atoms with Gasteiger partial charge in [0.05, 0.1) is 17.4 Å². The molecule has 1 aliphatic rings. The number of hydrogen-bond donors (Lipinski definition) is 3. The van der Waals surface area contributed by atoms with Crippen molar-refractivity contribution in [3.05, 3.63) is 112 Å². The Bertz CT molecular complexity index is 1920. The van der Waals surface area contributed by atoms with Crippen LogP contribution in [0.15, 0.2) is 89.5 Å². The van der Waals surface area contributed by atoms with Crippen molar-refractivity contribution >= 4 is 57.6 Å². The van der Waals surface area contributed by atoms with Crippen LogP contribution in [0.5, 0.6) is 5.75 Å². The highest BCUT2D eigenvalue weighted by Gasteiger charge is 2.32. The summed E-state index contributed by atoms with van der Waals surface area (Å²) in [6, 6.07) is 25.5. The summed E-state index contributed by atoms with van der Waals surface area (Å²) in [7, 11) is 0. The monoisotopic (exact) mass is 706 g/mol. The summed E-state index contributed by atoms with van der Waals surface area (Å²) < 4.78 is 5.53. The van der Waals surface area contributed by atoms with Crippen LogP contribution in [0.1, 0.15) is 73.0 Å². The molecule has 2 unspecified atom stereocenters. The van der Waals surface area contributed by atoms with E-state index in [2.05, 4.69) is 42.8 Å². The van der Waals surface area contributed by atoms with E-state index < -0.39 is 17.1 Å². The Morgan fingerprint density at radius 3 is 2.46 bits per heavy atom. The maximum atomic E-state index is 13.6. The molecule has 3 amide bonds. The number of ether oxygens (including phenoxy) is 1. The number of nitrogens with zero attached hydrogens (tertiary/aromatic N) is 1. The van der Waals surface area contributed by atoms with Crippen molar-refractivity contribution < 1.29 is 19.1 Å². The molecule has 0 bridgehead atoms. The van der Waals surface area contributed by atoms with Crippen molar-refractivity contribution in [3.8, 4) is 11.8 Å². The van der Waals surface area contributed by atoms with Gasteiger partial charge in [0, 0.05) is 21.0 Å². The van der Waals surface area contributed by atoms with E-state index in [1.165, 1.54) is 28.0 Å². The summed E-state index contributed by atoms with van der Waals surface area (Å²) in [5.41, 5.74) is 3.54. The Hall–Kier alpha value is -4.85. The van der Waals surface area contributed by atoms with Gasteiger partial charge in [-0.3, -0.25) is 14.4 Å². The third kappa shape index (κ3) is 9.23. The van der Waals surface area contributed by atoms with Crippen LogP contribution >= 0.6 is 23.1 Å². The fraction of sp³-hybridized carbons (Fsp3) is 0.300. The molecule has 3 N–H and O–H groups in total. The maximum Gasteiger partial charge on any atom is 0.272 e. The smallest absolute Gasteiger partial charge is 0.272 e. The molecule has 1 heterocycles. The van der Waals surface area contributed by atoms with Gasteiger partial charge in [-0.05, 0) is 104 Å². The second-order valence-electron chi connectivity index (χ2n) is 13.2. The van der Waals surface area contributed by atoms with E-state index in [4.69, 9.17) is 4.74 Å². The van der Waals surface area contributed by atoms with Gasteiger partial charge in [0.2, 0.25) is 5.91 Å². The molecule has 0 spiro atoms. The third-order valence-corrected chi connectivity index (χ3v) is 10.9. The van der Waals surface area contributed by atoms with Gasteiger partial charge in [0.1, 0.15) is 22.5 Å². The first-order chi connectivity index (χ1) is 23.9. The van der Waals surface area contributed by atoms with E-state index in [-0.39, 0.29) is 17.0 Å². The number of rotatable bonds is 11. The minimum absolute atomic E-state index is 0.0644. The molecular formula is C40H42N4O4S2. The number of carbonyl (C=O) groups is 3. The fourth-order valence-electron chi connectivity index (χ4n) is 5.78. The molecule has 0 saturated heterocycles. The zero-order valence-corrected chi connectivity index (χ0v) is 30.6. The molecule has 0 radical (unpaired) electrons. The molecule has 10 heteroatoms. The lowest BCUT2D eigenvalue weighted by atomic mass is 9.72. The van der Waals surface area contributed by atoms with E-state index in [1.807, 2.05) is 38.1 Å². The minimum atomic E-state index is -0.504. The fourth-order valence-corrected chi connectivity index (χ4v) is 7.99. The topological polar surface area (TPSA) is 120 Å². The predicted octanol–water partition coefficient (Wildman–Crippen LogP) is 8.70. The van der Waals surface area contributed by atoms with Gasteiger partial charge in [-0.2, -0.15) is 5.26 Å². The van der Waals surface area contributed by atoms with Crippen LogP contribution in [0, 0.1) is 22.7 Å². The first-order valence-electron chi connectivity index (χ1n) is 16.7. The predicted molar refractivity (Wildman–Crippen MR) is 203 cm³/mol. The summed E-state index contributed by atoms with van der Waals surface area (Å²) >= 11 is 2.87. The van der Waals surface area contributed by atoms with Crippen LogP contribution in [-0.2, 0) is 22.4 Å². The van der Waals surface area contributed by atoms with Crippen molar-refractivity contribution in [2.75, 3.05) is 17.2 Å². The summed E-state index contributed by atoms with van der Waals surface area (Å²) in [5.74, 6) is 0.120. The van der Waals surface area contributed by atoms with Gasteiger partial charge in [0.15, 0.2) is 0 Å². The lowest BCUT2D eigenvalue weighted by Crippen LogP contribution is -2.30. The largest absolute Gasteiger partial charge is 0.494 e. The quantitative estimate of drug-likeness (QED) is 0.106. The average Bonchev–Trinajstić information content (AvgIpc) is 3.45. The highest BCUT2D eigenvalue weighted by Crippen LogP contribution is 2.44. The molecule has 258 valence electrons. The molecule has 4 aromatic rings. The summed E-state index contributed by atoms with van der Waals surface area (Å²) in [6.45, 7) is 11.0. The molecule has 0 aliphatic heterocycles. The summed E-state index contributed by atoms with van der Waals surface area (Å²) in [6.07, 6.45) is 4.41. The maximum absolute atomic E-state index is 13.6. The van der Waals surface area contributed by atoms with Crippen LogP contribution in [-0.4, -0.2) is 29.6 Å². The molecule has 2 atom stereocenters. The number of nitriles is 1. The van der Waals surface area contributed by atoms with Gasteiger partial charge < -0.3 is 20.7 Å². The first kappa shape index (κ1) is 36.4. The lowest BCUT2D eigenvalue weighted by molar-refractivity contribution is -0.115. The number of benzene rings is 3. The van der Waals surface area contributed by atoms with Crippen molar-refractivity contribution in [2.24, 2.45) is 11.3 Å². The van der Waals surface area contributed by atoms with Gasteiger partial charge in [-0.25, -0.2) is 0 Å². The number of nitrogens with one attached hydrogen (secondary N) is 3. The number of thiophene rings is 1. The Morgan fingerprint density at radius 1 is 1.04 bits per heavy atom. The van der Waals surface area contributed by atoms with E-state index in [9.17, 15) is 19.6 Å². The molecule has 0 fully saturated rings. The van der Waals surface area contributed by atoms with Gasteiger partial charge in [-0.1, -0.05) is 57.2 Å². The van der Waals surface area contributed by atoms with Gasteiger partial charge in [0.25, 0.3) is 11.8 Å². The molecule has 3 aromatic carbocycles. The SMILES string of the molecule is CCOc1ccc(/C=C(/NC(=O)c2ccccc2)C(=O)Nc2cccc(SC(C)C(=O)Nc3sc4c(c3C#N)CCC(C(C)(C)C)C4)c2)cc1. The normalized spacial score (nSPS) is 14.9. The minimum Gasteiger partial charge on any atom is -0.494 e. The van der Waals surface area contributed by atoms with Crippen molar-refractivity contribution in [3.63, 3.8) is 0 Å². The van der Waals surface area contributed by atoms with E-state index in [0.29, 0.717) is 45.7 Å². The standard InChI is InChI=1S/C40H42N4O4S2/c1-6-48-30-18-15-26(16-19-30)21-34(43-37(46)27-11-8-7-9-12-27)38(47)42-29-13-10-14-31(23-29)49-25(2)36(45)44-39-33(24-41)32-20-17-28(40(3,4)5)22-35(32)50-39/h7-16,18-19,21,23,25,28H,6,17,20,22H2,1-5H3,(H,42,47)(H,43,46)(H,44,45)/b34-21+. The van der Waals surface area contributed by atoms with Crippen LogP contribution in [0.2, 0.25) is 0 Å². The van der Waals surface area contributed by atoms with Crippen LogP contribution < -0.4 is 20.7 Å². The molecule has 50 heavy (non-hydrogen) atoms. The zero-order chi connectivity index (χ0) is 35.8. The molecule has 1 aliphatic carbocycles. The van der Waals surface area contributed by atoms with Crippen molar-refractivity contribution in [1.29, 1.82) is 5.26 Å². The lowest BCUT2D eigenvalue weighted by Gasteiger charge is -2.33. The summed E-state index contributed by atoms with van der Waals surface area (Å²) in [4.78, 5) is 42.0. The molecular weight excluding hydrogens is 665 g/mol. The zero-order valence-electron chi connectivity index (χ0n) is 29.0. The second kappa shape index (κ2) is 16.2. The highest BCUT2D eigenvalue weighted by molar-refractivity contribution is 8.00. The van der Waals surface area contributed by atoms with Crippen LogP contribution in [0.3, 0.4) is 0 Å². The molecule has 8 nitrogen and oxygen atoms in total. The Labute approximate surface area is 302 Å². The summed E-state index contributed by atoms with van der Waals surface area (Å²) in [5, 5.41) is 18.8. The third-order valence-electron chi connectivity index (χ3n) is 8.64. The highest BCUT2D eigenvalue weighted by atomic mass is 32.2. The van der Waals surface area contributed by atoms with Crippen LogP contribution in [0.4, 0.5) is 10.7 Å². The molecule has 1 aromatic heterocycles. The Morgan fingerprint density at radius 2 is 1.78 bits per heavy atom. The Balaban J connectivity index is 1.28. The second-order valence-corrected chi connectivity index (χ2v) is 15.8. The van der Waals surface area contributed by atoms with Crippen LogP contribution in [0.25, 0.3) is 6.08 Å². The van der Waals surface area contributed by atoms with Crippen molar-refractivity contribution in [2.45, 2.75) is 64.0 Å². The van der Waals surface area contributed by atoms with E-state index in [0.717, 1.165) is 29.7 Å². The van der Waals surface area contributed by atoms with Gasteiger partial charge >= 0.3 is 0 Å². The number of thioether (sulfide) groups is 1. The number of hydrogen-bond acceptors (Lipinski definition) is 7. The number of carbonyl (C=O) groups excluding carboxylic acids is 3. The van der Waals surface area contributed by atoms with E-state index >= 15 is 0 Å². The number of amides is 3. The van der Waals surface area contributed by atoms with Gasteiger partial charge in [-0.15, -0.1) is 23.1 Å². The Kier molecular flexibility index (Phi) is 11.8. The van der Waals surface area contributed by atoms with E-state index in [1.54, 1.807) is 60.7 Å². The molecule has 5 rings (SSSR count). The van der Waals surface area contributed by atoms with Crippen molar-refractivity contribution in [1.82, 2.24) is 5.32 Å². The first-order valence-corrected chi connectivity index (χ1v) is 18.4. The average molecular weight is 707 g/mol. The number of fused-ring (bicyclic) bond motifs is 1.